The van der Waals surface area contributed by atoms with Crippen LogP contribution in [0, 0.1) is 6.92 Å². The number of phenols is 1. The zero-order valence-corrected chi connectivity index (χ0v) is 14.4. The predicted molar refractivity (Wildman–Crippen MR) is 88.6 cm³/mol. The van der Waals surface area contributed by atoms with E-state index in [0.29, 0.717) is 37.3 Å². The molecular weight excluding hydrogens is 330 g/mol. The van der Waals surface area contributed by atoms with Gasteiger partial charge in [-0.25, -0.2) is 13.4 Å². The van der Waals surface area contributed by atoms with E-state index in [-0.39, 0.29) is 10.9 Å². The molecule has 1 aromatic carbocycles. The van der Waals surface area contributed by atoms with Crippen molar-refractivity contribution in [3.8, 4) is 5.75 Å². The minimum atomic E-state index is -3.54. The summed E-state index contributed by atoms with van der Waals surface area (Å²) in [4.78, 5) is 20.7. The molecule has 0 unspecified atom stereocenters. The fourth-order valence-corrected chi connectivity index (χ4v) is 3.40. The first-order chi connectivity index (χ1) is 11.2. The number of aromatic nitrogens is 2. The maximum Gasteiger partial charge on any atom is 0.256 e. The van der Waals surface area contributed by atoms with Crippen LogP contribution in [0.25, 0.3) is 0 Å². The van der Waals surface area contributed by atoms with Crippen molar-refractivity contribution in [1.29, 1.82) is 0 Å². The van der Waals surface area contributed by atoms with Crippen LogP contribution in [-0.4, -0.2) is 41.2 Å². The summed E-state index contributed by atoms with van der Waals surface area (Å²) in [6.45, 7) is 3.48. The van der Waals surface area contributed by atoms with Gasteiger partial charge in [0, 0.05) is 37.9 Å². The van der Waals surface area contributed by atoms with Gasteiger partial charge >= 0.3 is 0 Å². The summed E-state index contributed by atoms with van der Waals surface area (Å²) in [5, 5.41) is 9.69. The van der Waals surface area contributed by atoms with Gasteiger partial charge in [-0.05, 0) is 13.0 Å². The van der Waals surface area contributed by atoms with E-state index in [2.05, 4.69) is 9.97 Å². The van der Waals surface area contributed by atoms with Gasteiger partial charge in [0.2, 0.25) is 15.0 Å². The van der Waals surface area contributed by atoms with Crippen molar-refractivity contribution in [2.45, 2.75) is 31.6 Å². The number of hydrogen-bond donors (Lipinski definition) is 2. The summed E-state index contributed by atoms with van der Waals surface area (Å²) in [7, 11) is -3.54. The molecule has 128 valence electrons. The van der Waals surface area contributed by atoms with Gasteiger partial charge in [-0.3, -0.25) is 14.7 Å². The Morgan fingerprint density at radius 3 is 2.83 bits per heavy atom. The number of aromatic amines is 1. The Hall–Kier alpha value is -2.19. The molecule has 2 N–H and O–H groups in total. The van der Waals surface area contributed by atoms with Crippen LogP contribution in [0.3, 0.4) is 0 Å². The van der Waals surface area contributed by atoms with Crippen molar-refractivity contribution in [2.75, 3.05) is 12.8 Å². The standard InChI is InChI=1S/C16H19N3O4S/c1-10-3-4-14(20)11(7-10)8-19-6-5-13-12(9-19)15(21)18-16(17-13)24(2,22)23/h3-4,7,20H,5-6,8-9H2,1-2H3,(H,17,18,21). The van der Waals surface area contributed by atoms with E-state index in [9.17, 15) is 18.3 Å². The third-order valence-electron chi connectivity index (χ3n) is 4.11. The van der Waals surface area contributed by atoms with Crippen LogP contribution in [0.4, 0.5) is 0 Å². The lowest BCUT2D eigenvalue weighted by Crippen LogP contribution is -2.36. The second-order valence-electron chi connectivity index (χ2n) is 6.16. The maximum atomic E-state index is 12.2. The molecule has 0 amide bonds. The van der Waals surface area contributed by atoms with E-state index in [1.807, 2.05) is 24.0 Å². The SMILES string of the molecule is Cc1ccc(O)c(CN2CCc3nc(S(C)(=O)=O)[nH]c(=O)c3C2)c1. The van der Waals surface area contributed by atoms with Crippen LogP contribution in [0.5, 0.6) is 5.75 Å². The second kappa shape index (κ2) is 6.03. The van der Waals surface area contributed by atoms with E-state index in [1.54, 1.807) is 6.07 Å². The molecule has 0 atom stereocenters. The number of nitrogens with one attached hydrogen (secondary N) is 1. The van der Waals surface area contributed by atoms with E-state index in [0.717, 1.165) is 17.4 Å². The van der Waals surface area contributed by atoms with Crippen LogP contribution in [0.15, 0.2) is 28.2 Å². The summed E-state index contributed by atoms with van der Waals surface area (Å²) in [6.07, 6.45) is 1.52. The molecule has 0 saturated carbocycles. The molecule has 3 rings (SSSR count). The van der Waals surface area contributed by atoms with Crippen molar-refractivity contribution >= 4 is 9.84 Å². The Kier molecular flexibility index (Phi) is 4.18. The molecule has 24 heavy (non-hydrogen) atoms. The minimum absolute atomic E-state index is 0.228. The summed E-state index contributed by atoms with van der Waals surface area (Å²) < 4.78 is 23.1. The van der Waals surface area contributed by atoms with Crippen LogP contribution in [-0.2, 0) is 29.3 Å². The Bertz CT molecular complexity index is 950. The molecule has 0 spiro atoms. The van der Waals surface area contributed by atoms with Crippen LogP contribution in [0.2, 0.25) is 0 Å². The quantitative estimate of drug-likeness (QED) is 0.793. The van der Waals surface area contributed by atoms with E-state index < -0.39 is 15.4 Å². The minimum Gasteiger partial charge on any atom is -0.508 e. The number of fused-ring (bicyclic) bond motifs is 1. The molecule has 2 aromatic rings. The van der Waals surface area contributed by atoms with Crippen molar-refractivity contribution in [2.24, 2.45) is 0 Å². The van der Waals surface area contributed by atoms with Gasteiger partial charge in [0.15, 0.2) is 0 Å². The largest absolute Gasteiger partial charge is 0.508 e. The van der Waals surface area contributed by atoms with Crippen molar-refractivity contribution in [3.63, 3.8) is 0 Å². The first-order valence-electron chi connectivity index (χ1n) is 7.57. The lowest BCUT2D eigenvalue weighted by molar-refractivity contribution is 0.237. The Labute approximate surface area is 139 Å². The summed E-state index contributed by atoms with van der Waals surface area (Å²) >= 11 is 0. The molecule has 0 fully saturated rings. The highest BCUT2D eigenvalue weighted by Gasteiger charge is 2.24. The zero-order chi connectivity index (χ0) is 17.5. The molecule has 8 heteroatoms. The van der Waals surface area contributed by atoms with Crippen LogP contribution >= 0.6 is 0 Å². The Morgan fingerprint density at radius 1 is 1.38 bits per heavy atom. The van der Waals surface area contributed by atoms with Crippen LogP contribution < -0.4 is 5.56 Å². The zero-order valence-electron chi connectivity index (χ0n) is 13.5. The van der Waals surface area contributed by atoms with E-state index in [1.165, 1.54) is 0 Å². The molecule has 1 aliphatic heterocycles. The third-order valence-corrected chi connectivity index (χ3v) is 5.00. The van der Waals surface area contributed by atoms with Crippen LogP contribution in [0.1, 0.15) is 22.4 Å². The van der Waals surface area contributed by atoms with Gasteiger partial charge in [-0.1, -0.05) is 17.7 Å². The van der Waals surface area contributed by atoms with Crippen molar-refractivity contribution in [1.82, 2.24) is 14.9 Å². The van der Waals surface area contributed by atoms with Gasteiger partial charge in [0.1, 0.15) is 5.75 Å². The molecule has 1 aromatic heterocycles. The Morgan fingerprint density at radius 2 is 2.12 bits per heavy atom. The van der Waals surface area contributed by atoms with Gasteiger partial charge in [0.05, 0.1) is 11.3 Å². The van der Waals surface area contributed by atoms with Gasteiger partial charge in [0.25, 0.3) is 5.56 Å². The van der Waals surface area contributed by atoms with E-state index in [4.69, 9.17) is 0 Å². The number of H-pyrrole nitrogens is 1. The highest BCUT2D eigenvalue weighted by atomic mass is 32.2. The smallest absolute Gasteiger partial charge is 0.256 e. The molecule has 7 nitrogen and oxygen atoms in total. The average Bonchev–Trinajstić information content (AvgIpc) is 2.50. The lowest BCUT2D eigenvalue weighted by Gasteiger charge is -2.27. The topological polar surface area (TPSA) is 103 Å². The molecule has 0 aliphatic carbocycles. The highest BCUT2D eigenvalue weighted by molar-refractivity contribution is 7.90. The first kappa shape index (κ1) is 16.7. The first-order valence-corrected chi connectivity index (χ1v) is 9.46. The van der Waals surface area contributed by atoms with Gasteiger partial charge in [-0.2, -0.15) is 0 Å². The summed E-state index contributed by atoms with van der Waals surface area (Å²) in [6, 6.07) is 5.42. The third kappa shape index (κ3) is 3.34. The Balaban J connectivity index is 1.87. The number of aryl methyl sites for hydroxylation is 1. The van der Waals surface area contributed by atoms with Gasteiger partial charge in [-0.15, -0.1) is 0 Å². The summed E-state index contributed by atoms with van der Waals surface area (Å²) in [5.41, 5.74) is 2.45. The number of nitrogens with zero attached hydrogens (tertiary/aromatic N) is 2. The second-order valence-corrected chi connectivity index (χ2v) is 8.09. The number of sulfone groups is 1. The normalized spacial score (nSPS) is 15.2. The fraction of sp³-hybridized carbons (Fsp3) is 0.375. The predicted octanol–water partition coefficient (Wildman–Crippen LogP) is 0.746. The molecular formula is C16H19N3O4S. The summed E-state index contributed by atoms with van der Waals surface area (Å²) in [5.74, 6) is 0.228. The average molecular weight is 349 g/mol. The number of hydrogen-bond acceptors (Lipinski definition) is 6. The molecule has 0 saturated heterocycles. The highest BCUT2D eigenvalue weighted by Crippen LogP contribution is 2.23. The fourth-order valence-electron chi connectivity index (χ4n) is 2.85. The van der Waals surface area contributed by atoms with E-state index >= 15 is 0 Å². The molecule has 2 heterocycles. The van der Waals surface area contributed by atoms with Crippen molar-refractivity contribution in [3.05, 3.63) is 50.9 Å². The number of benzene rings is 1. The number of aromatic hydroxyl groups is 1. The molecule has 1 aliphatic rings. The molecule has 0 bridgehead atoms. The molecule has 0 radical (unpaired) electrons. The monoisotopic (exact) mass is 349 g/mol. The maximum absolute atomic E-state index is 12.2. The van der Waals surface area contributed by atoms with Gasteiger partial charge < -0.3 is 5.11 Å². The number of phenolic OH excluding ortho intramolecular Hbond substituents is 1. The lowest BCUT2D eigenvalue weighted by atomic mass is 10.0. The number of rotatable bonds is 3. The van der Waals surface area contributed by atoms with Crippen molar-refractivity contribution < 1.29 is 13.5 Å².